The Bertz CT molecular complexity index is 1670. The second-order valence-corrected chi connectivity index (χ2v) is 14.4. The van der Waals surface area contributed by atoms with Crippen molar-refractivity contribution in [2.24, 2.45) is 10.8 Å². The van der Waals surface area contributed by atoms with Gasteiger partial charge in [0.15, 0.2) is 5.78 Å². The van der Waals surface area contributed by atoms with Crippen molar-refractivity contribution in [3.05, 3.63) is 83.4 Å². The van der Waals surface area contributed by atoms with Crippen LogP contribution in [0, 0.1) is 23.8 Å². The number of ketones is 1. The summed E-state index contributed by atoms with van der Waals surface area (Å²) in [5, 5.41) is 13.6. The van der Waals surface area contributed by atoms with E-state index in [4.69, 9.17) is 9.97 Å². The molecule has 4 nitrogen and oxygen atoms in total. The molecule has 0 amide bonds. The molecule has 5 heteroatoms. The van der Waals surface area contributed by atoms with E-state index in [2.05, 4.69) is 96.1 Å². The molecular weight excluding hydrogens is 745 g/mol. The second kappa shape index (κ2) is 15.8. The van der Waals surface area contributed by atoms with Gasteiger partial charge in [-0.2, -0.15) is 0 Å². The molecule has 0 aliphatic carbocycles. The number of aliphatic hydroxyl groups excluding tert-OH is 1. The van der Waals surface area contributed by atoms with Crippen molar-refractivity contribution in [3.63, 3.8) is 0 Å². The third kappa shape index (κ3) is 8.72. The van der Waals surface area contributed by atoms with Crippen molar-refractivity contribution in [2.45, 2.75) is 120 Å². The minimum Gasteiger partial charge on any atom is -0.512 e. The molecule has 0 spiro atoms. The summed E-state index contributed by atoms with van der Waals surface area (Å²) in [4.78, 5) is 22.1. The first-order valence-electron chi connectivity index (χ1n) is 16.7. The number of allylic oxidation sites excluding steroid dienone is 2. The Morgan fingerprint density at radius 1 is 0.848 bits per heavy atom. The smallest absolute Gasteiger partial charge is 0.164 e. The van der Waals surface area contributed by atoms with Crippen molar-refractivity contribution >= 4 is 27.5 Å². The summed E-state index contributed by atoms with van der Waals surface area (Å²) >= 11 is 0. The molecule has 3 aromatic carbocycles. The Morgan fingerprint density at radius 3 is 1.98 bits per heavy atom. The first kappa shape index (κ1) is 39.3. The van der Waals surface area contributed by atoms with Gasteiger partial charge in [-0.05, 0) is 47.6 Å². The first-order valence-corrected chi connectivity index (χ1v) is 16.7. The maximum atomic E-state index is 12.2. The third-order valence-corrected chi connectivity index (χ3v) is 9.85. The van der Waals surface area contributed by atoms with Crippen LogP contribution in [0.4, 0.5) is 0 Å². The van der Waals surface area contributed by atoms with Crippen molar-refractivity contribution in [3.8, 4) is 11.3 Å². The zero-order valence-electron chi connectivity index (χ0n) is 30.2. The summed E-state index contributed by atoms with van der Waals surface area (Å²) in [6.45, 7) is 25.2. The largest absolute Gasteiger partial charge is 0.512 e. The number of hydrogen-bond acceptors (Lipinski definition) is 4. The van der Waals surface area contributed by atoms with E-state index in [0.29, 0.717) is 0 Å². The van der Waals surface area contributed by atoms with E-state index in [0.717, 1.165) is 59.2 Å². The van der Waals surface area contributed by atoms with Crippen molar-refractivity contribution in [1.29, 1.82) is 0 Å². The van der Waals surface area contributed by atoms with E-state index in [-0.39, 0.29) is 53.8 Å². The predicted molar refractivity (Wildman–Crippen MR) is 192 cm³/mol. The Kier molecular flexibility index (Phi) is 13.5. The van der Waals surface area contributed by atoms with Crippen molar-refractivity contribution in [2.75, 3.05) is 0 Å². The van der Waals surface area contributed by atoms with Crippen LogP contribution in [0.1, 0.15) is 125 Å². The summed E-state index contributed by atoms with van der Waals surface area (Å²) < 4.78 is 0. The summed E-state index contributed by atoms with van der Waals surface area (Å²) in [5.41, 5.74) is 4.97. The molecule has 0 fully saturated rings. The second-order valence-electron chi connectivity index (χ2n) is 14.4. The minimum absolute atomic E-state index is 0. The van der Waals surface area contributed by atoms with Crippen LogP contribution in [-0.2, 0) is 30.3 Å². The molecule has 4 rings (SSSR count). The molecule has 1 N–H and O–H groups in total. The molecule has 0 bridgehead atoms. The van der Waals surface area contributed by atoms with Gasteiger partial charge in [0.05, 0.1) is 5.52 Å². The summed E-state index contributed by atoms with van der Waals surface area (Å²) in [7, 11) is 0. The van der Waals surface area contributed by atoms with Gasteiger partial charge in [-0.25, -0.2) is 4.98 Å². The van der Waals surface area contributed by atoms with Gasteiger partial charge in [0, 0.05) is 48.3 Å². The van der Waals surface area contributed by atoms with Gasteiger partial charge in [0.2, 0.25) is 0 Å². The molecule has 0 aliphatic rings. The number of aromatic nitrogens is 2. The topological polar surface area (TPSA) is 63.1 Å². The SMILES string of the molecule is CCC(C)(CC)C(=O)/C=C(\O)C(C)(CC)CC.Cc1[c-]c(-c2nc(C(C)C)nc3c2ccc2ccccc23)cc(C(C)(C)C)c1.[Ir]. The molecule has 0 atom stereocenters. The number of aliphatic hydroxyl groups is 1. The summed E-state index contributed by atoms with van der Waals surface area (Å²) in [6, 6.07) is 20.8. The van der Waals surface area contributed by atoms with E-state index in [1.165, 1.54) is 22.4 Å². The summed E-state index contributed by atoms with van der Waals surface area (Å²) in [5.74, 6) is 1.42. The molecule has 0 aliphatic heterocycles. The number of carbonyl (C=O) groups is 1. The molecule has 4 aromatic rings. The van der Waals surface area contributed by atoms with Crippen LogP contribution in [0.25, 0.3) is 32.9 Å². The Labute approximate surface area is 291 Å². The molecule has 1 aromatic heterocycles. The quantitative estimate of drug-likeness (QED) is 0.0793. The van der Waals surface area contributed by atoms with Crippen LogP contribution in [0.2, 0.25) is 0 Å². The first-order chi connectivity index (χ1) is 21.0. The zero-order chi connectivity index (χ0) is 33.7. The number of carbonyl (C=O) groups excluding carboxylic acids is 1. The molecule has 0 saturated carbocycles. The van der Waals surface area contributed by atoms with Gasteiger partial charge in [0.1, 0.15) is 11.6 Å². The maximum absolute atomic E-state index is 12.2. The fourth-order valence-corrected chi connectivity index (χ4v) is 5.30. The Morgan fingerprint density at radius 2 is 1.43 bits per heavy atom. The van der Waals surface area contributed by atoms with Crippen LogP contribution in [0.15, 0.2) is 60.4 Å². The molecule has 0 saturated heterocycles. The number of rotatable bonds is 9. The number of hydrogen-bond donors (Lipinski definition) is 1. The number of nitrogens with zero attached hydrogens (tertiary/aromatic N) is 2. The van der Waals surface area contributed by atoms with Gasteiger partial charge in [-0.1, -0.05) is 119 Å². The van der Waals surface area contributed by atoms with Crippen LogP contribution >= 0.6 is 0 Å². The molecule has 0 unspecified atom stereocenters. The van der Waals surface area contributed by atoms with Crippen molar-refractivity contribution < 1.29 is 30.0 Å². The fourth-order valence-electron chi connectivity index (χ4n) is 5.30. The number of aryl methyl sites for hydroxylation is 1. The Hall–Kier alpha value is -2.88. The van der Waals surface area contributed by atoms with Crippen molar-refractivity contribution in [1.82, 2.24) is 9.97 Å². The van der Waals surface area contributed by atoms with E-state index < -0.39 is 0 Å². The molecule has 251 valence electrons. The third-order valence-electron chi connectivity index (χ3n) is 9.85. The van der Waals surface area contributed by atoms with Crippen LogP contribution in [0.5, 0.6) is 0 Å². The van der Waals surface area contributed by atoms with E-state index in [1.54, 1.807) is 0 Å². The van der Waals surface area contributed by atoms with Crippen LogP contribution < -0.4 is 0 Å². The number of fused-ring (bicyclic) bond motifs is 3. The number of benzene rings is 3. The van der Waals surface area contributed by atoms with Gasteiger partial charge in [-0.15, -0.1) is 34.9 Å². The zero-order valence-corrected chi connectivity index (χ0v) is 32.6. The normalized spacial score (nSPS) is 12.6. The predicted octanol–water partition coefficient (Wildman–Crippen LogP) is 11.6. The van der Waals surface area contributed by atoms with Gasteiger partial charge in [-0.3, -0.25) is 9.78 Å². The monoisotopic (exact) mass is 800 g/mol. The van der Waals surface area contributed by atoms with Gasteiger partial charge < -0.3 is 5.11 Å². The summed E-state index contributed by atoms with van der Waals surface area (Å²) in [6.07, 6.45) is 4.75. The minimum atomic E-state index is -0.337. The maximum Gasteiger partial charge on any atom is 0.164 e. The standard InChI is InChI=1S/C26H27N2.C15H28O2.Ir/c1-16(2)25-27-23(19-13-17(3)14-20(15-19)26(4,5)6)22-12-11-18-9-7-8-10-21(18)24(22)28-25;1-7-14(5,8-2)12(16)11-13(17)15(6,9-3)10-4;/h7-12,14-16H,1-6H3;11,16H,7-10H2,1-6H3;/q-1;;/b;12-11-;. The van der Waals surface area contributed by atoms with Crippen LogP contribution in [-0.4, -0.2) is 20.9 Å². The molecular formula is C41H55IrN2O2-. The van der Waals surface area contributed by atoms with Gasteiger partial charge >= 0.3 is 0 Å². The van der Waals surface area contributed by atoms with Crippen LogP contribution in [0.3, 0.4) is 0 Å². The Balaban J connectivity index is 0.000000356. The van der Waals surface area contributed by atoms with E-state index in [1.807, 2.05) is 41.5 Å². The fraction of sp³-hybridized carbons (Fsp3) is 0.488. The average Bonchev–Trinajstić information content (AvgIpc) is 3.02. The van der Waals surface area contributed by atoms with Gasteiger partial charge in [0.25, 0.3) is 0 Å². The average molecular weight is 800 g/mol. The molecule has 46 heavy (non-hydrogen) atoms. The van der Waals surface area contributed by atoms with E-state index in [9.17, 15) is 9.90 Å². The van der Waals surface area contributed by atoms with E-state index >= 15 is 0 Å². The molecule has 1 heterocycles. The molecule has 1 radical (unpaired) electrons.